The lowest BCUT2D eigenvalue weighted by atomic mass is 9.98. The molecule has 0 aromatic carbocycles. The molecule has 0 bridgehead atoms. The zero-order chi connectivity index (χ0) is 13.0. The molecule has 1 aliphatic rings. The average molecular weight is 244 g/mol. The molecule has 0 aromatic rings. The summed E-state index contributed by atoms with van der Waals surface area (Å²) in [6.45, 7) is 4.62. The van der Waals surface area contributed by atoms with E-state index >= 15 is 0 Å². The summed E-state index contributed by atoms with van der Waals surface area (Å²) in [6.07, 6.45) is -0.114. The maximum Gasteiger partial charge on any atom is 0.334 e. The molecule has 1 heterocycles. The highest BCUT2D eigenvalue weighted by atomic mass is 16.5. The van der Waals surface area contributed by atoms with Gasteiger partial charge in [0.1, 0.15) is 0 Å². The van der Waals surface area contributed by atoms with E-state index in [1.54, 1.807) is 0 Å². The number of nitrogens with zero attached hydrogens (tertiary/aromatic N) is 1. The van der Waals surface area contributed by atoms with Gasteiger partial charge in [-0.15, -0.1) is 0 Å². The molecule has 1 amide bonds. The van der Waals surface area contributed by atoms with Gasteiger partial charge in [-0.25, -0.2) is 4.79 Å². The fourth-order valence-electron chi connectivity index (χ4n) is 1.71. The number of amides is 1. The van der Waals surface area contributed by atoms with Crippen LogP contribution in [0.2, 0.25) is 0 Å². The van der Waals surface area contributed by atoms with Gasteiger partial charge in [-0.2, -0.15) is 0 Å². The van der Waals surface area contributed by atoms with Crippen molar-refractivity contribution in [3.8, 4) is 0 Å². The van der Waals surface area contributed by atoms with Crippen LogP contribution in [0.4, 0.5) is 0 Å². The highest BCUT2D eigenvalue weighted by Gasteiger charge is 2.32. The molecule has 98 valence electrons. The minimum atomic E-state index is -1.04. The first-order valence-electron chi connectivity index (χ1n) is 5.86. The Morgan fingerprint density at radius 2 is 2.24 bits per heavy atom. The van der Waals surface area contributed by atoms with Crippen molar-refractivity contribution >= 4 is 11.9 Å². The van der Waals surface area contributed by atoms with Crippen LogP contribution in [0.25, 0.3) is 0 Å². The Morgan fingerprint density at radius 3 is 2.76 bits per heavy atom. The fourth-order valence-corrected chi connectivity index (χ4v) is 1.71. The van der Waals surface area contributed by atoms with Gasteiger partial charge < -0.3 is 20.5 Å². The molecular formula is C11H20N2O4. The van der Waals surface area contributed by atoms with Gasteiger partial charge in [0.15, 0.2) is 6.10 Å². The lowest BCUT2D eigenvalue weighted by molar-refractivity contribution is -0.160. The Balaban J connectivity index is 2.60. The van der Waals surface area contributed by atoms with E-state index in [4.69, 9.17) is 15.6 Å². The van der Waals surface area contributed by atoms with Crippen LogP contribution in [0.15, 0.2) is 0 Å². The Morgan fingerprint density at radius 1 is 1.59 bits per heavy atom. The van der Waals surface area contributed by atoms with Gasteiger partial charge in [-0.05, 0) is 5.92 Å². The second kappa shape index (κ2) is 5.97. The molecule has 1 fully saturated rings. The number of aliphatic carboxylic acids is 1. The van der Waals surface area contributed by atoms with Crippen LogP contribution in [0.1, 0.15) is 20.3 Å². The molecule has 0 aliphatic carbocycles. The van der Waals surface area contributed by atoms with Crippen LogP contribution < -0.4 is 5.73 Å². The summed E-state index contributed by atoms with van der Waals surface area (Å²) in [7, 11) is 0. The Labute approximate surface area is 101 Å². The zero-order valence-corrected chi connectivity index (χ0v) is 10.3. The van der Waals surface area contributed by atoms with Gasteiger partial charge in [0, 0.05) is 6.54 Å². The molecule has 0 saturated carbocycles. The standard InChI is InChI=1S/C11H20N2O4/c1-3-7(2)9(12)10(14)13-4-5-17-8(6-13)11(15)16/h7-9H,3-6,12H2,1-2H3,(H,15,16)/t7-,8?,9-/m0/s1. The lowest BCUT2D eigenvalue weighted by Gasteiger charge is -2.33. The van der Waals surface area contributed by atoms with Crippen LogP contribution in [-0.4, -0.2) is 53.7 Å². The molecule has 1 unspecified atom stereocenters. The molecule has 1 rings (SSSR count). The van der Waals surface area contributed by atoms with Crippen molar-refractivity contribution in [3.63, 3.8) is 0 Å². The number of hydrogen-bond acceptors (Lipinski definition) is 4. The maximum absolute atomic E-state index is 12.0. The molecule has 3 N–H and O–H groups in total. The number of ether oxygens (including phenoxy) is 1. The molecule has 6 heteroatoms. The molecule has 3 atom stereocenters. The Bertz CT molecular complexity index is 295. The number of carbonyl (C=O) groups is 2. The van der Waals surface area contributed by atoms with Crippen molar-refractivity contribution in [2.45, 2.75) is 32.4 Å². The average Bonchev–Trinajstić information content (AvgIpc) is 2.36. The minimum Gasteiger partial charge on any atom is -0.479 e. The number of carboxylic acids is 1. The third kappa shape index (κ3) is 3.41. The highest BCUT2D eigenvalue weighted by Crippen LogP contribution is 2.12. The maximum atomic E-state index is 12.0. The molecule has 1 saturated heterocycles. The van der Waals surface area contributed by atoms with Gasteiger partial charge in [-0.1, -0.05) is 20.3 Å². The normalized spacial score (nSPS) is 24.2. The van der Waals surface area contributed by atoms with Crippen LogP contribution in [0.3, 0.4) is 0 Å². The van der Waals surface area contributed by atoms with Gasteiger partial charge in [0.25, 0.3) is 0 Å². The fraction of sp³-hybridized carbons (Fsp3) is 0.818. The summed E-state index contributed by atoms with van der Waals surface area (Å²) in [5.74, 6) is -1.14. The first kappa shape index (κ1) is 13.9. The Hall–Kier alpha value is -1.14. The Kier molecular flexibility index (Phi) is 4.89. The van der Waals surface area contributed by atoms with E-state index in [-0.39, 0.29) is 25.0 Å². The molecule has 17 heavy (non-hydrogen) atoms. The monoisotopic (exact) mass is 244 g/mol. The summed E-state index contributed by atoms with van der Waals surface area (Å²) >= 11 is 0. The number of carboxylic acid groups (broad SMARTS) is 1. The second-order valence-corrected chi connectivity index (χ2v) is 4.39. The van der Waals surface area contributed by atoms with E-state index in [0.29, 0.717) is 6.54 Å². The third-order valence-electron chi connectivity index (χ3n) is 3.20. The van der Waals surface area contributed by atoms with Crippen molar-refractivity contribution in [2.75, 3.05) is 19.7 Å². The van der Waals surface area contributed by atoms with E-state index in [2.05, 4.69) is 0 Å². The molecular weight excluding hydrogens is 224 g/mol. The summed E-state index contributed by atoms with van der Waals surface area (Å²) in [4.78, 5) is 24.3. The first-order chi connectivity index (χ1) is 7.97. The summed E-state index contributed by atoms with van der Waals surface area (Å²) in [5, 5.41) is 8.84. The van der Waals surface area contributed by atoms with E-state index in [9.17, 15) is 9.59 Å². The smallest absolute Gasteiger partial charge is 0.334 e. The van der Waals surface area contributed by atoms with Gasteiger partial charge in [-0.3, -0.25) is 4.79 Å². The number of rotatable bonds is 4. The zero-order valence-electron chi connectivity index (χ0n) is 10.3. The molecule has 6 nitrogen and oxygen atoms in total. The molecule has 0 spiro atoms. The van der Waals surface area contributed by atoms with E-state index in [1.165, 1.54) is 4.90 Å². The van der Waals surface area contributed by atoms with Gasteiger partial charge >= 0.3 is 5.97 Å². The van der Waals surface area contributed by atoms with Crippen LogP contribution in [0.5, 0.6) is 0 Å². The largest absolute Gasteiger partial charge is 0.479 e. The van der Waals surface area contributed by atoms with Crippen LogP contribution in [-0.2, 0) is 14.3 Å². The summed E-state index contributed by atoms with van der Waals surface area (Å²) in [5.41, 5.74) is 5.84. The van der Waals surface area contributed by atoms with Crippen molar-refractivity contribution < 1.29 is 19.4 Å². The number of carbonyl (C=O) groups excluding carboxylic acids is 1. The van der Waals surface area contributed by atoms with E-state index < -0.39 is 18.1 Å². The lowest BCUT2D eigenvalue weighted by Crippen LogP contribution is -2.54. The number of nitrogens with two attached hydrogens (primary N) is 1. The SMILES string of the molecule is CC[C@H](C)[C@H](N)C(=O)N1CCOC(C(=O)O)C1. The predicted molar refractivity (Wildman–Crippen MR) is 61.4 cm³/mol. The summed E-state index contributed by atoms with van der Waals surface area (Å²) < 4.78 is 5.05. The third-order valence-corrected chi connectivity index (χ3v) is 3.20. The van der Waals surface area contributed by atoms with Gasteiger partial charge in [0.2, 0.25) is 5.91 Å². The molecule has 1 aliphatic heterocycles. The second-order valence-electron chi connectivity index (χ2n) is 4.39. The van der Waals surface area contributed by atoms with Crippen LogP contribution >= 0.6 is 0 Å². The number of hydrogen-bond donors (Lipinski definition) is 2. The van der Waals surface area contributed by atoms with E-state index in [1.807, 2.05) is 13.8 Å². The quantitative estimate of drug-likeness (QED) is 0.706. The topological polar surface area (TPSA) is 92.9 Å². The summed E-state index contributed by atoms with van der Waals surface area (Å²) in [6, 6.07) is -0.562. The number of morpholine rings is 1. The predicted octanol–water partition coefficient (Wildman–Crippen LogP) is -0.328. The minimum absolute atomic E-state index is 0.0816. The van der Waals surface area contributed by atoms with E-state index in [0.717, 1.165) is 6.42 Å². The molecule has 0 aromatic heterocycles. The first-order valence-corrected chi connectivity index (χ1v) is 5.86. The molecule has 0 radical (unpaired) electrons. The highest BCUT2D eigenvalue weighted by molar-refractivity contribution is 5.83. The van der Waals surface area contributed by atoms with Gasteiger partial charge in [0.05, 0.1) is 19.2 Å². The van der Waals surface area contributed by atoms with Crippen molar-refractivity contribution in [3.05, 3.63) is 0 Å². The van der Waals surface area contributed by atoms with Crippen molar-refractivity contribution in [1.82, 2.24) is 4.90 Å². The van der Waals surface area contributed by atoms with Crippen molar-refractivity contribution in [2.24, 2.45) is 11.7 Å². The van der Waals surface area contributed by atoms with Crippen molar-refractivity contribution in [1.29, 1.82) is 0 Å². The van der Waals surface area contributed by atoms with Crippen LogP contribution in [0, 0.1) is 5.92 Å².